The summed E-state index contributed by atoms with van der Waals surface area (Å²) in [4.78, 5) is 2.67. The van der Waals surface area contributed by atoms with E-state index in [1.807, 2.05) is 0 Å². The topological polar surface area (TPSA) is 23.5 Å². The van der Waals surface area contributed by atoms with Crippen LogP contribution in [0, 0.1) is 11.8 Å². The number of nitrogens with zero attached hydrogens (tertiary/aromatic N) is 1. The van der Waals surface area contributed by atoms with Crippen LogP contribution in [0.1, 0.15) is 65.7 Å². The maximum absolute atomic E-state index is 10.5. The largest absolute Gasteiger partial charge is 0.391 e. The van der Waals surface area contributed by atoms with Crippen molar-refractivity contribution in [1.82, 2.24) is 4.90 Å². The normalized spacial score (nSPS) is 43.0. The lowest BCUT2D eigenvalue weighted by Gasteiger charge is -2.48. The Bertz CT molecular complexity index is 241. The molecule has 1 aliphatic carbocycles. The first-order valence-electron chi connectivity index (χ1n) is 8.07. The fourth-order valence-electron chi connectivity index (χ4n) is 4.41. The summed E-state index contributed by atoms with van der Waals surface area (Å²) in [6.07, 6.45) is 8.84. The van der Waals surface area contributed by atoms with Gasteiger partial charge in [0.1, 0.15) is 0 Å². The molecular weight excluding hydrogens is 222 g/mol. The molecule has 106 valence electrons. The summed E-state index contributed by atoms with van der Waals surface area (Å²) < 4.78 is 0. The maximum Gasteiger partial charge on any atom is 0.0700 e. The second-order valence-corrected chi connectivity index (χ2v) is 6.79. The zero-order chi connectivity index (χ0) is 13.1. The van der Waals surface area contributed by atoms with Gasteiger partial charge in [-0.05, 0) is 50.5 Å². The van der Waals surface area contributed by atoms with E-state index in [2.05, 4.69) is 25.7 Å². The van der Waals surface area contributed by atoms with Crippen molar-refractivity contribution in [2.45, 2.75) is 83.9 Å². The van der Waals surface area contributed by atoms with Crippen molar-refractivity contribution in [2.24, 2.45) is 11.8 Å². The average Bonchev–Trinajstić information content (AvgIpc) is 2.30. The SMILES string of the molecule is CCCC1CCCCN1C1C(C)CC(C)CC1O. The predicted molar refractivity (Wildman–Crippen MR) is 76.6 cm³/mol. The van der Waals surface area contributed by atoms with Gasteiger partial charge in [-0.25, -0.2) is 0 Å². The predicted octanol–water partition coefficient (Wildman–Crippen LogP) is 3.44. The summed E-state index contributed by atoms with van der Waals surface area (Å²) in [5.74, 6) is 1.35. The summed E-state index contributed by atoms with van der Waals surface area (Å²) in [5, 5.41) is 10.5. The standard InChI is InChI=1S/C16H31NO/c1-4-7-14-8-5-6-9-17(14)16-13(3)10-12(2)11-15(16)18/h12-16,18H,4-11H2,1-3H3. The number of likely N-dealkylation sites (tertiary alicyclic amines) is 1. The van der Waals surface area contributed by atoms with Crippen LogP contribution in [0.2, 0.25) is 0 Å². The van der Waals surface area contributed by atoms with Crippen molar-refractivity contribution in [1.29, 1.82) is 0 Å². The second-order valence-electron chi connectivity index (χ2n) is 6.79. The van der Waals surface area contributed by atoms with Crippen LogP contribution in [-0.4, -0.2) is 34.7 Å². The molecular formula is C16H31NO. The second kappa shape index (κ2) is 6.38. The van der Waals surface area contributed by atoms with Crippen molar-refractivity contribution in [3.05, 3.63) is 0 Å². The van der Waals surface area contributed by atoms with Crippen LogP contribution in [-0.2, 0) is 0 Å². The van der Waals surface area contributed by atoms with E-state index in [0.717, 1.165) is 12.5 Å². The molecule has 1 aliphatic heterocycles. The molecule has 2 heteroatoms. The van der Waals surface area contributed by atoms with Crippen molar-refractivity contribution in [3.63, 3.8) is 0 Å². The lowest BCUT2D eigenvalue weighted by molar-refractivity contribution is -0.0537. The zero-order valence-corrected chi connectivity index (χ0v) is 12.4. The molecule has 0 aromatic carbocycles. The van der Waals surface area contributed by atoms with Gasteiger partial charge in [-0.3, -0.25) is 4.90 Å². The smallest absolute Gasteiger partial charge is 0.0700 e. The molecule has 1 saturated carbocycles. The van der Waals surface area contributed by atoms with Gasteiger partial charge in [-0.1, -0.05) is 33.6 Å². The molecule has 1 saturated heterocycles. The van der Waals surface area contributed by atoms with Gasteiger partial charge in [-0.2, -0.15) is 0 Å². The number of rotatable bonds is 3. The summed E-state index contributed by atoms with van der Waals surface area (Å²) in [6.45, 7) is 8.14. The van der Waals surface area contributed by atoms with E-state index < -0.39 is 0 Å². The highest BCUT2D eigenvalue weighted by atomic mass is 16.3. The molecule has 0 spiro atoms. The van der Waals surface area contributed by atoms with Gasteiger partial charge in [0.15, 0.2) is 0 Å². The monoisotopic (exact) mass is 253 g/mol. The van der Waals surface area contributed by atoms with Crippen molar-refractivity contribution < 1.29 is 5.11 Å². The van der Waals surface area contributed by atoms with Crippen LogP contribution >= 0.6 is 0 Å². The van der Waals surface area contributed by atoms with Gasteiger partial charge in [0.2, 0.25) is 0 Å². The Morgan fingerprint density at radius 1 is 1.17 bits per heavy atom. The van der Waals surface area contributed by atoms with Crippen molar-refractivity contribution >= 4 is 0 Å². The minimum Gasteiger partial charge on any atom is -0.391 e. The van der Waals surface area contributed by atoms with E-state index in [0.29, 0.717) is 17.9 Å². The van der Waals surface area contributed by atoms with Crippen LogP contribution in [0.3, 0.4) is 0 Å². The molecule has 1 heterocycles. The minimum absolute atomic E-state index is 0.0961. The molecule has 0 aromatic rings. The highest BCUT2D eigenvalue weighted by Gasteiger charge is 2.39. The zero-order valence-electron chi connectivity index (χ0n) is 12.4. The van der Waals surface area contributed by atoms with Crippen LogP contribution in [0.4, 0.5) is 0 Å². The molecule has 0 amide bonds. The van der Waals surface area contributed by atoms with Crippen LogP contribution in [0.25, 0.3) is 0 Å². The highest BCUT2D eigenvalue weighted by molar-refractivity contribution is 4.93. The molecule has 18 heavy (non-hydrogen) atoms. The molecule has 2 fully saturated rings. The Balaban J connectivity index is 2.06. The molecule has 5 unspecified atom stereocenters. The minimum atomic E-state index is -0.0961. The van der Waals surface area contributed by atoms with E-state index in [9.17, 15) is 5.11 Å². The van der Waals surface area contributed by atoms with E-state index in [4.69, 9.17) is 0 Å². The van der Waals surface area contributed by atoms with Crippen LogP contribution in [0.15, 0.2) is 0 Å². The van der Waals surface area contributed by atoms with Gasteiger partial charge in [0, 0.05) is 12.1 Å². The number of hydrogen-bond donors (Lipinski definition) is 1. The summed E-state index contributed by atoms with van der Waals surface area (Å²) in [7, 11) is 0. The quantitative estimate of drug-likeness (QED) is 0.833. The third-order valence-electron chi connectivity index (χ3n) is 5.07. The number of aliphatic hydroxyl groups excluding tert-OH is 1. The Hall–Kier alpha value is -0.0800. The third-order valence-corrected chi connectivity index (χ3v) is 5.07. The first-order valence-corrected chi connectivity index (χ1v) is 8.07. The first-order chi connectivity index (χ1) is 8.63. The fraction of sp³-hybridized carbons (Fsp3) is 1.00. The van der Waals surface area contributed by atoms with Crippen molar-refractivity contribution in [3.8, 4) is 0 Å². The summed E-state index contributed by atoms with van der Waals surface area (Å²) >= 11 is 0. The van der Waals surface area contributed by atoms with Gasteiger partial charge in [0.05, 0.1) is 6.10 Å². The summed E-state index contributed by atoms with van der Waals surface area (Å²) in [5.41, 5.74) is 0. The van der Waals surface area contributed by atoms with Crippen LogP contribution < -0.4 is 0 Å². The van der Waals surface area contributed by atoms with E-state index in [-0.39, 0.29) is 6.10 Å². The molecule has 0 aromatic heterocycles. The molecule has 0 radical (unpaired) electrons. The van der Waals surface area contributed by atoms with E-state index in [1.165, 1.54) is 45.1 Å². The summed E-state index contributed by atoms with van der Waals surface area (Å²) in [6, 6.07) is 1.16. The molecule has 2 nitrogen and oxygen atoms in total. The Kier molecular flexibility index (Phi) is 5.08. The highest BCUT2D eigenvalue weighted by Crippen LogP contribution is 2.36. The molecule has 2 rings (SSSR count). The maximum atomic E-state index is 10.5. The lowest BCUT2D eigenvalue weighted by Crippen LogP contribution is -2.56. The van der Waals surface area contributed by atoms with E-state index >= 15 is 0 Å². The Labute approximate surface area is 113 Å². The van der Waals surface area contributed by atoms with Gasteiger partial charge < -0.3 is 5.11 Å². The van der Waals surface area contributed by atoms with Gasteiger partial charge in [0.25, 0.3) is 0 Å². The van der Waals surface area contributed by atoms with Crippen LogP contribution in [0.5, 0.6) is 0 Å². The van der Waals surface area contributed by atoms with Gasteiger partial charge in [-0.15, -0.1) is 0 Å². The third kappa shape index (κ3) is 3.08. The van der Waals surface area contributed by atoms with Crippen molar-refractivity contribution in [2.75, 3.05) is 6.54 Å². The Morgan fingerprint density at radius 3 is 2.61 bits per heavy atom. The molecule has 1 N–H and O–H groups in total. The number of aliphatic hydroxyl groups is 1. The number of piperidine rings is 1. The molecule has 5 atom stereocenters. The van der Waals surface area contributed by atoms with E-state index in [1.54, 1.807) is 0 Å². The first kappa shape index (κ1) is 14.3. The lowest BCUT2D eigenvalue weighted by atomic mass is 9.76. The average molecular weight is 253 g/mol. The molecule has 0 bridgehead atoms. The Morgan fingerprint density at radius 2 is 1.94 bits per heavy atom. The fourth-order valence-corrected chi connectivity index (χ4v) is 4.41. The molecule has 2 aliphatic rings. The van der Waals surface area contributed by atoms with Gasteiger partial charge >= 0.3 is 0 Å². The number of hydrogen-bond acceptors (Lipinski definition) is 2.